The number of ether oxygens (including phenoxy) is 1. The van der Waals surface area contributed by atoms with Crippen LogP contribution in [0.15, 0.2) is 61.3 Å². The summed E-state index contributed by atoms with van der Waals surface area (Å²) in [6.45, 7) is 8.80. The van der Waals surface area contributed by atoms with Gasteiger partial charge in [-0.1, -0.05) is 56.2 Å². The molecular formula is C30H35F2NO. The van der Waals surface area contributed by atoms with E-state index in [2.05, 4.69) is 43.6 Å². The summed E-state index contributed by atoms with van der Waals surface area (Å²) in [7, 11) is 0. The van der Waals surface area contributed by atoms with Crippen LogP contribution < -0.4 is 0 Å². The zero-order chi connectivity index (χ0) is 24.3. The zero-order valence-electron chi connectivity index (χ0n) is 20.3. The highest BCUT2D eigenvalue weighted by Crippen LogP contribution is 2.28. The van der Waals surface area contributed by atoms with Crippen LogP contribution in [0, 0.1) is 11.6 Å². The number of allylic oxidation sites excluding steroid dienone is 2. The van der Waals surface area contributed by atoms with Crippen molar-refractivity contribution < 1.29 is 13.5 Å². The molecule has 0 fully saturated rings. The Bertz CT molecular complexity index is 1120. The van der Waals surface area contributed by atoms with Gasteiger partial charge in [0.2, 0.25) is 0 Å². The van der Waals surface area contributed by atoms with E-state index >= 15 is 0 Å². The van der Waals surface area contributed by atoms with Crippen molar-refractivity contribution in [3.8, 4) is 11.3 Å². The second kappa shape index (κ2) is 13.1. The van der Waals surface area contributed by atoms with Gasteiger partial charge in [0.15, 0.2) is 11.6 Å². The van der Waals surface area contributed by atoms with Crippen LogP contribution in [0.3, 0.4) is 0 Å². The Morgan fingerprint density at radius 1 is 1.03 bits per heavy atom. The first-order chi connectivity index (χ1) is 16.5. The van der Waals surface area contributed by atoms with Crippen molar-refractivity contribution in [2.75, 3.05) is 6.61 Å². The maximum atomic E-state index is 14.6. The summed E-state index contributed by atoms with van der Waals surface area (Å²) in [5.41, 5.74) is 1.97. The van der Waals surface area contributed by atoms with Gasteiger partial charge < -0.3 is 4.74 Å². The van der Waals surface area contributed by atoms with Crippen LogP contribution in [0.5, 0.6) is 0 Å². The maximum absolute atomic E-state index is 14.6. The average molecular weight is 464 g/mol. The summed E-state index contributed by atoms with van der Waals surface area (Å²) in [6.07, 6.45) is 14.9. The summed E-state index contributed by atoms with van der Waals surface area (Å²) in [5.74, 6) is -1.70. The minimum Gasteiger partial charge on any atom is -0.379 e. The third-order valence-corrected chi connectivity index (χ3v) is 5.99. The molecule has 0 bridgehead atoms. The van der Waals surface area contributed by atoms with Crippen LogP contribution in [0.2, 0.25) is 0 Å². The molecule has 180 valence electrons. The topological polar surface area (TPSA) is 22.1 Å². The Morgan fingerprint density at radius 3 is 2.68 bits per heavy atom. The van der Waals surface area contributed by atoms with Crippen molar-refractivity contribution in [3.63, 3.8) is 0 Å². The predicted molar refractivity (Wildman–Crippen MR) is 139 cm³/mol. The molecular weight excluding hydrogens is 428 g/mol. The lowest BCUT2D eigenvalue weighted by molar-refractivity contribution is 0.0566. The molecule has 0 spiro atoms. The van der Waals surface area contributed by atoms with Gasteiger partial charge in [-0.3, -0.25) is 4.98 Å². The molecule has 2 aromatic carbocycles. The lowest BCUT2D eigenvalue weighted by Gasteiger charge is -2.12. The van der Waals surface area contributed by atoms with E-state index in [0.717, 1.165) is 48.6 Å². The molecule has 0 N–H and O–H groups in total. The monoisotopic (exact) mass is 463 g/mol. The Kier molecular flexibility index (Phi) is 9.96. The molecule has 0 aliphatic heterocycles. The SMILES string of the molecule is C=CCc1ccc(-c2cc3ccc(/C=C/CCCC(C)OCCCCC)cc3cn2)c(F)c1F. The molecule has 0 saturated heterocycles. The van der Waals surface area contributed by atoms with Gasteiger partial charge in [-0.2, -0.15) is 0 Å². The summed E-state index contributed by atoms with van der Waals surface area (Å²) in [6, 6.07) is 11.1. The Morgan fingerprint density at radius 2 is 1.88 bits per heavy atom. The van der Waals surface area contributed by atoms with Crippen molar-refractivity contribution in [3.05, 3.63) is 84.1 Å². The first-order valence-corrected chi connectivity index (χ1v) is 12.3. The van der Waals surface area contributed by atoms with E-state index in [1.165, 1.54) is 12.8 Å². The van der Waals surface area contributed by atoms with Gasteiger partial charge in [0.05, 0.1) is 11.8 Å². The predicted octanol–water partition coefficient (Wildman–Crippen LogP) is 8.69. The van der Waals surface area contributed by atoms with Gasteiger partial charge in [-0.25, -0.2) is 8.78 Å². The third kappa shape index (κ3) is 7.07. The highest BCUT2D eigenvalue weighted by Gasteiger charge is 2.15. The van der Waals surface area contributed by atoms with Crippen LogP contribution in [0.25, 0.3) is 28.1 Å². The summed E-state index contributed by atoms with van der Waals surface area (Å²) in [4.78, 5) is 4.40. The molecule has 0 saturated carbocycles. The maximum Gasteiger partial charge on any atom is 0.168 e. The number of fused-ring (bicyclic) bond motifs is 1. The minimum absolute atomic E-state index is 0.166. The lowest BCUT2D eigenvalue weighted by atomic mass is 10.0. The molecule has 0 aliphatic carbocycles. The highest BCUT2D eigenvalue weighted by molar-refractivity contribution is 5.87. The van der Waals surface area contributed by atoms with Crippen molar-refractivity contribution >= 4 is 16.8 Å². The van der Waals surface area contributed by atoms with Gasteiger partial charge in [0.1, 0.15) is 0 Å². The second-order valence-corrected chi connectivity index (χ2v) is 8.79. The van der Waals surface area contributed by atoms with Crippen LogP contribution in [-0.2, 0) is 11.2 Å². The number of halogens is 2. The zero-order valence-corrected chi connectivity index (χ0v) is 20.3. The quantitative estimate of drug-likeness (QED) is 0.187. The van der Waals surface area contributed by atoms with Gasteiger partial charge in [0, 0.05) is 23.8 Å². The van der Waals surface area contributed by atoms with Gasteiger partial charge in [-0.15, -0.1) is 6.58 Å². The van der Waals surface area contributed by atoms with Crippen molar-refractivity contribution in [1.29, 1.82) is 0 Å². The number of benzene rings is 2. The summed E-state index contributed by atoms with van der Waals surface area (Å²) >= 11 is 0. The number of unbranched alkanes of at least 4 members (excludes halogenated alkanes) is 3. The number of hydrogen-bond acceptors (Lipinski definition) is 2. The van der Waals surface area contributed by atoms with Gasteiger partial charge >= 0.3 is 0 Å². The molecule has 1 heterocycles. The molecule has 3 aromatic rings. The molecule has 34 heavy (non-hydrogen) atoms. The minimum atomic E-state index is -0.869. The molecule has 3 rings (SSSR count). The van der Waals surface area contributed by atoms with Gasteiger partial charge in [-0.05, 0) is 73.7 Å². The first-order valence-electron chi connectivity index (χ1n) is 12.3. The normalized spacial score (nSPS) is 12.5. The third-order valence-electron chi connectivity index (χ3n) is 5.99. The molecule has 1 atom stereocenters. The Labute approximate surface area is 202 Å². The molecule has 1 aromatic heterocycles. The van der Waals surface area contributed by atoms with Crippen molar-refractivity contribution in [1.82, 2.24) is 4.98 Å². The largest absolute Gasteiger partial charge is 0.379 e. The highest BCUT2D eigenvalue weighted by atomic mass is 19.2. The Balaban J connectivity index is 1.59. The number of hydrogen-bond donors (Lipinski definition) is 0. The fourth-order valence-corrected chi connectivity index (χ4v) is 3.97. The second-order valence-electron chi connectivity index (χ2n) is 8.79. The van der Waals surface area contributed by atoms with Gasteiger partial charge in [0.25, 0.3) is 0 Å². The summed E-state index contributed by atoms with van der Waals surface area (Å²) < 4.78 is 34.8. The smallest absolute Gasteiger partial charge is 0.168 e. The molecule has 0 radical (unpaired) electrons. The van der Waals surface area contributed by atoms with Crippen LogP contribution in [0.1, 0.15) is 63.5 Å². The van der Waals surface area contributed by atoms with E-state index in [1.54, 1.807) is 30.5 Å². The molecule has 0 amide bonds. The van der Waals surface area contributed by atoms with Crippen molar-refractivity contribution in [2.24, 2.45) is 0 Å². The van der Waals surface area contributed by atoms with E-state index in [-0.39, 0.29) is 12.0 Å². The molecule has 1 unspecified atom stereocenters. The number of aromatic nitrogens is 1. The Hall–Kier alpha value is -2.85. The standard InChI is InChI=1S/C30H35F2NO/c1-4-6-10-18-34-22(3)12-8-7-9-13-23-14-15-25-20-28(33-21-26(25)19-23)27-17-16-24(11-5-2)29(31)30(27)32/h5,9,13-17,19-22H,2,4,6-8,10-12,18H2,1,3H3/b13-9+. The van der Waals surface area contributed by atoms with Crippen LogP contribution >= 0.6 is 0 Å². The summed E-state index contributed by atoms with van der Waals surface area (Å²) in [5, 5.41) is 1.90. The van der Waals surface area contributed by atoms with Crippen LogP contribution in [-0.4, -0.2) is 17.7 Å². The van der Waals surface area contributed by atoms with E-state index in [0.29, 0.717) is 17.4 Å². The molecule has 2 nitrogen and oxygen atoms in total. The van der Waals surface area contributed by atoms with E-state index < -0.39 is 11.6 Å². The van der Waals surface area contributed by atoms with E-state index in [9.17, 15) is 8.78 Å². The lowest BCUT2D eigenvalue weighted by Crippen LogP contribution is -2.08. The molecule has 4 heteroatoms. The average Bonchev–Trinajstić information content (AvgIpc) is 2.84. The first kappa shape index (κ1) is 25.8. The number of rotatable bonds is 13. The van der Waals surface area contributed by atoms with E-state index in [4.69, 9.17) is 4.74 Å². The van der Waals surface area contributed by atoms with Crippen molar-refractivity contribution in [2.45, 2.75) is 64.9 Å². The van der Waals surface area contributed by atoms with E-state index in [1.807, 2.05) is 12.1 Å². The fraction of sp³-hybridized carbons (Fsp3) is 0.367. The molecule has 0 aliphatic rings. The number of nitrogens with zero attached hydrogens (tertiary/aromatic N) is 1. The number of pyridine rings is 1. The fourth-order valence-electron chi connectivity index (χ4n) is 3.97. The van der Waals surface area contributed by atoms with Crippen LogP contribution in [0.4, 0.5) is 8.78 Å².